The smallest absolute Gasteiger partial charge is 0.0587 e. The Morgan fingerprint density at radius 2 is 1.84 bits per heavy atom. The third-order valence-electron chi connectivity index (χ3n) is 3.92. The molecule has 0 radical (unpaired) electrons. The molecule has 1 rings (SSSR count). The summed E-state index contributed by atoms with van der Waals surface area (Å²) in [4.78, 5) is 0. The number of rotatable bonds is 6. The number of benzene rings is 1. The van der Waals surface area contributed by atoms with Crippen LogP contribution in [0, 0.1) is 19.8 Å². The van der Waals surface area contributed by atoms with Crippen molar-refractivity contribution in [2.45, 2.75) is 53.0 Å². The molecule has 2 N–H and O–H groups in total. The van der Waals surface area contributed by atoms with Gasteiger partial charge < -0.3 is 10.4 Å². The van der Waals surface area contributed by atoms with Gasteiger partial charge in [-0.05, 0) is 30.9 Å². The first-order valence-electron chi connectivity index (χ1n) is 7.20. The van der Waals surface area contributed by atoms with E-state index in [0.717, 1.165) is 6.54 Å². The maximum absolute atomic E-state index is 9.39. The first kappa shape index (κ1) is 16.2. The minimum atomic E-state index is 0.0695. The lowest BCUT2D eigenvalue weighted by Gasteiger charge is -2.31. The number of aliphatic hydroxyl groups is 1. The molecule has 1 unspecified atom stereocenters. The summed E-state index contributed by atoms with van der Waals surface area (Å²) >= 11 is 0. The second kappa shape index (κ2) is 6.53. The summed E-state index contributed by atoms with van der Waals surface area (Å²) in [5.41, 5.74) is 4.10. The van der Waals surface area contributed by atoms with Crippen molar-refractivity contribution >= 4 is 0 Å². The maximum Gasteiger partial charge on any atom is 0.0587 e. The van der Waals surface area contributed by atoms with Crippen LogP contribution in [-0.4, -0.2) is 24.3 Å². The van der Waals surface area contributed by atoms with Crippen molar-refractivity contribution in [3.05, 3.63) is 34.9 Å². The predicted molar refractivity (Wildman–Crippen MR) is 82.7 cm³/mol. The van der Waals surface area contributed by atoms with Gasteiger partial charge in [0, 0.05) is 18.0 Å². The van der Waals surface area contributed by atoms with E-state index in [1.54, 1.807) is 0 Å². The van der Waals surface area contributed by atoms with Crippen LogP contribution in [-0.2, 0) is 5.41 Å². The van der Waals surface area contributed by atoms with Crippen molar-refractivity contribution in [3.8, 4) is 0 Å². The average Bonchev–Trinajstić information content (AvgIpc) is 2.28. The van der Waals surface area contributed by atoms with Gasteiger partial charge >= 0.3 is 0 Å². The Morgan fingerprint density at radius 3 is 2.32 bits per heavy atom. The first-order chi connectivity index (χ1) is 8.77. The molecule has 0 aliphatic heterocycles. The third kappa shape index (κ3) is 4.32. The zero-order chi connectivity index (χ0) is 14.6. The molecule has 0 amide bonds. The summed E-state index contributed by atoms with van der Waals surface area (Å²) < 4.78 is 0. The number of hydrogen-bond acceptors (Lipinski definition) is 2. The molecule has 0 aliphatic carbocycles. The summed E-state index contributed by atoms with van der Waals surface area (Å²) in [7, 11) is 0. The number of aryl methyl sites for hydroxylation is 2. The molecule has 19 heavy (non-hydrogen) atoms. The highest BCUT2D eigenvalue weighted by Crippen LogP contribution is 2.26. The third-order valence-corrected chi connectivity index (χ3v) is 3.92. The second-order valence-corrected chi connectivity index (χ2v) is 6.62. The van der Waals surface area contributed by atoms with Crippen LogP contribution in [0.25, 0.3) is 0 Å². The van der Waals surface area contributed by atoms with E-state index in [2.05, 4.69) is 65.1 Å². The van der Waals surface area contributed by atoms with Crippen LogP contribution in [0.4, 0.5) is 0 Å². The molecule has 0 bridgehead atoms. The average molecular weight is 263 g/mol. The van der Waals surface area contributed by atoms with Crippen LogP contribution in [0.5, 0.6) is 0 Å². The van der Waals surface area contributed by atoms with Gasteiger partial charge in [-0.1, -0.05) is 51.5 Å². The van der Waals surface area contributed by atoms with Crippen molar-refractivity contribution < 1.29 is 5.11 Å². The van der Waals surface area contributed by atoms with Gasteiger partial charge in [-0.2, -0.15) is 0 Å². The summed E-state index contributed by atoms with van der Waals surface area (Å²) in [5.74, 6) is 0.444. The standard InChI is InChI=1S/C17H29NO/c1-12(2)16(10-19)18-11-17(5,6)15-8-7-13(3)9-14(15)4/h7-9,12,16,18-19H,10-11H2,1-6H3. The van der Waals surface area contributed by atoms with Crippen molar-refractivity contribution in [1.82, 2.24) is 5.32 Å². The Kier molecular flexibility index (Phi) is 5.57. The molecular formula is C17H29NO. The van der Waals surface area contributed by atoms with Gasteiger partial charge in [0.15, 0.2) is 0 Å². The van der Waals surface area contributed by atoms with Crippen molar-refractivity contribution in [3.63, 3.8) is 0 Å². The van der Waals surface area contributed by atoms with Crippen LogP contribution in [0.3, 0.4) is 0 Å². The maximum atomic E-state index is 9.39. The van der Waals surface area contributed by atoms with E-state index in [-0.39, 0.29) is 18.1 Å². The molecule has 0 fully saturated rings. The molecule has 0 saturated carbocycles. The topological polar surface area (TPSA) is 32.3 Å². The fourth-order valence-electron chi connectivity index (χ4n) is 2.57. The molecule has 0 saturated heterocycles. The first-order valence-corrected chi connectivity index (χ1v) is 7.20. The molecule has 1 aromatic rings. The highest BCUT2D eigenvalue weighted by molar-refractivity contribution is 5.35. The molecule has 1 atom stereocenters. The zero-order valence-electron chi connectivity index (χ0n) is 13.2. The van der Waals surface area contributed by atoms with Crippen LogP contribution < -0.4 is 5.32 Å². The van der Waals surface area contributed by atoms with Crippen molar-refractivity contribution in [1.29, 1.82) is 0 Å². The van der Waals surface area contributed by atoms with Gasteiger partial charge in [0.25, 0.3) is 0 Å². The van der Waals surface area contributed by atoms with Gasteiger partial charge in [-0.3, -0.25) is 0 Å². The summed E-state index contributed by atoms with van der Waals surface area (Å²) in [6, 6.07) is 6.82. The molecule has 0 aromatic heterocycles. The molecule has 2 heteroatoms. The largest absolute Gasteiger partial charge is 0.395 e. The van der Waals surface area contributed by atoms with Gasteiger partial charge in [0.1, 0.15) is 0 Å². The van der Waals surface area contributed by atoms with E-state index in [9.17, 15) is 5.11 Å². The van der Waals surface area contributed by atoms with E-state index >= 15 is 0 Å². The minimum Gasteiger partial charge on any atom is -0.395 e. The van der Waals surface area contributed by atoms with Crippen LogP contribution in [0.15, 0.2) is 18.2 Å². The zero-order valence-corrected chi connectivity index (χ0v) is 13.2. The predicted octanol–water partition coefficient (Wildman–Crippen LogP) is 3.19. The van der Waals surface area contributed by atoms with Crippen LogP contribution in [0.1, 0.15) is 44.4 Å². The second-order valence-electron chi connectivity index (χ2n) is 6.62. The summed E-state index contributed by atoms with van der Waals surface area (Å²) in [6.07, 6.45) is 0. The number of nitrogens with one attached hydrogen (secondary N) is 1. The van der Waals surface area contributed by atoms with E-state index in [0.29, 0.717) is 5.92 Å². The fourth-order valence-corrected chi connectivity index (χ4v) is 2.57. The van der Waals surface area contributed by atoms with E-state index in [1.807, 2.05) is 0 Å². The lowest BCUT2D eigenvalue weighted by molar-refractivity contribution is 0.204. The molecule has 0 aliphatic rings. The summed E-state index contributed by atoms with van der Waals surface area (Å²) in [5, 5.41) is 12.9. The number of hydrogen-bond donors (Lipinski definition) is 2. The van der Waals surface area contributed by atoms with Crippen molar-refractivity contribution in [2.75, 3.05) is 13.2 Å². The van der Waals surface area contributed by atoms with Gasteiger partial charge in [-0.15, -0.1) is 0 Å². The van der Waals surface area contributed by atoms with Gasteiger partial charge in [-0.25, -0.2) is 0 Å². The Bertz CT molecular complexity index is 410. The number of aliphatic hydroxyl groups excluding tert-OH is 1. The van der Waals surface area contributed by atoms with Crippen LogP contribution >= 0.6 is 0 Å². The Balaban J connectivity index is 2.80. The fraction of sp³-hybridized carbons (Fsp3) is 0.647. The SMILES string of the molecule is Cc1ccc(C(C)(C)CNC(CO)C(C)C)c(C)c1. The van der Waals surface area contributed by atoms with E-state index in [1.165, 1.54) is 16.7 Å². The quantitative estimate of drug-likeness (QED) is 0.826. The molecular weight excluding hydrogens is 234 g/mol. The van der Waals surface area contributed by atoms with E-state index < -0.39 is 0 Å². The molecule has 1 aromatic carbocycles. The van der Waals surface area contributed by atoms with Crippen molar-refractivity contribution in [2.24, 2.45) is 5.92 Å². The molecule has 0 heterocycles. The Hall–Kier alpha value is -0.860. The molecule has 2 nitrogen and oxygen atoms in total. The minimum absolute atomic E-state index is 0.0695. The lowest BCUT2D eigenvalue weighted by atomic mass is 9.81. The highest BCUT2D eigenvalue weighted by atomic mass is 16.3. The molecule has 0 spiro atoms. The highest BCUT2D eigenvalue weighted by Gasteiger charge is 2.24. The van der Waals surface area contributed by atoms with Gasteiger partial charge in [0.05, 0.1) is 6.61 Å². The van der Waals surface area contributed by atoms with E-state index in [4.69, 9.17) is 0 Å². The Labute approximate surface area is 118 Å². The lowest BCUT2D eigenvalue weighted by Crippen LogP contribution is -2.43. The normalized spacial score (nSPS) is 13.9. The monoisotopic (exact) mass is 263 g/mol. The Morgan fingerprint density at radius 1 is 1.21 bits per heavy atom. The summed E-state index contributed by atoms with van der Waals surface area (Å²) in [6.45, 7) is 14.2. The molecule has 108 valence electrons. The van der Waals surface area contributed by atoms with Crippen LogP contribution in [0.2, 0.25) is 0 Å². The van der Waals surface area contributed by atoms with Gasteiger partial charge in [0.2, 0.25) is 0 Å².